The van der Waals surface area contributed by atoms with Crippen LogP contribution in [0.15, 0.2) is 78.9 Å². The standard InChI is InChI=1S/C33H44N2O5Si/c1-24-17-18-30(40-41(5,6)33(2,3)4)27(19-24)21-28(22-36)34-31(37)29(20-25-13-9-7-10-14-25)35-32(38)39-23-26-15-11-8-12-16-26/h7-19,28-29,36H,20-23H2,1-6H3,(H,34,37)(H,35,38)/t28-,29-/m0/s1. The molecule has 2 amide bonds. The molecule has 0 saturated heterocycles. The normalized spacial score (nSPS) is 13.1. The van der Waals surface area contributed by atoms with E-state index in [1.165, 1.54) is 0 Å². The molecule has 0 fully saturated rings. The molecule has 220 valence electrons. The predicted octanol–water partition coefficient (Wildman–Crippen LogP) is 5.94. The molecule has 3 aromatic carbocycles. The molecule has 0 saturated carbocycles. The van der Waals surface area contributed by atoms with E-state index in [0.29, 0.717) is 6.42 Å². The summed E-state index contributed by atoms with van der Waals surface area (Å²) in [5.41, 5.74) is 3.72. The number of alkyl carbamates (subject to hydrolysis) is 1. The summed E-state index contributed by atoms with van der Waals surface area (Å²) in [6.45, 7) is 12.8. The van der Waals surface area contributed by atoms with Crippen LogP contribution >= 0.6 is 0 Å². The van der Waals surface area contributed by atoms with E-state index < -0.39 is 32.4 Å². The Bertz CT molecular complexity index is 1280. The van der Waals surface area contributed by atoms with Crippen molar-refractivity contribution in [2.75, 3.05) is 6.61 Å². The maximum absolute atomic E-state index is 13.5. The maximum Gasteiger partial charge on any atom is 0.408 e. The van der Waals surface area contributed by atoms with Gasteiger partial charge in [0, 0.05) is 6.42 Å². The molecule has 8 heteroatoms. The van der Waals surface area contributed by atoms with Crippen molar-refractivity contribution < 1.29 is 23.9 Å². The third-order valence-corrected chi connectivity index (χ3v) is 11.9. The number of hydrogen-bond acceptors (Lipinski definition) is 5. The first kappa shape index (κ1) is 31.9. The van der Waals surface area contributed by atoms with Crippen LogP contribution in [0, 0.1) is 6.92 Å². The fourth-order valence-electron chi connectivity index (χ4n) is 4.09. The highest BCUT2D eigenvalue weighted by Gasteiger charge is 2.39. The van der Waals surface area contributed by atoms with E-state index in [-0.39, 0.29) is 24.7 Å². The molecule has 0 aliphatic rings. The van der Waals surface area contributed by atoms with Gasteiger partial charge >= 0.3 is 6.09 Å². The van der Waals surface area contributed by atoms with Gasteiger partial charge in [-0.2, -0.15) is 0 Å². The Morgan fingerprint density at radius 1 is 0.878 bits per heavy atom. The molecule has 0 spiro atoms. The topological polar surface area (TPSA) is 96.9 Å². The van der Waals surface area contributed by atoms with Gasteiger partial charge in [0.25, 0.3) is 0 Å². The lowest BCUT2D eigenvalue weighted by molar-refractivity contribution is -0.124. The van der Waals surface area contributed by atoms with Crippen LogP contribution in [-0.2, 0) is 29.0 Å². The van der Waals surface area contributed by atoms with Gasteiger partial charge in [-0.3, -0.25) is 4.79 Å². The third kappa shape index (κ3) is 9.76. The Morgan fingerprint density at radius 3 is 2.07 bits per heavy atom. The van der Waals surface area contributed by atoms with E-state index in [2.05, 4.69) is 44.5 Å². The van der Waals surface area contributed by atoms with Gasteiger partial charge in [-0.05, 0) is 54.2 Å². The molecule has 3 aromatic rings. The van der Waals surface area contributed by atoms with E-state index in [1.54, 1.807) is 0 Å². The van der Waals surface area contributed by atoms with E-state index in [9.17, 15) is 14.7 Å². The third-order valence-electron chi connectivity index (χ3n) is 7.52. The summed E-state index contributed by atoms with van der Waals surface area (Å²) in [5.74, 6) is 0.377. The number of aliphatic hydroxyl groups is 1. The number of nitrogens with one attached hydrogen (secondary N) is 2. The minimum Gasteiger partial charge on any atom is -0.543 e. The number of ether oxygens (including phenoxy) is 1. The number of amides is 2. The van der Waals surface area contributed by atoms with E-state index >= 15 is 0 Å². The molecule has 0 heterocycles. The first-order valence-electron chi connectivity index (χ1n) is 14.1. The summed E-state index contributed by atoms with van der Waals surface area (Å²) in [5, 5.41) is 16.0. The van der Waals surface area contributed by atoms with Crippen molar-refractivity contribution in [3.63, 3.8) is 0 Å². The zero-order valence-corrected chi connectivity index (χ0v) is 26.1. The molecular formula is C33H44N2O5Si. The maximum atomic E-state index is 13.5. The first-order valence-corrected chi connectivity index (χ1v) is 17.0. The highest BCUT2D eigenvalue weighted by atomic mass is 28.4. The number of carbonyl (C=O) groups is 2. The van der Waals surface area contributed by atoms with Crippen LogP contribution in [0.3, 0.4) is 0 Å². The van der Waals surface area contributed by atoms with E-state index in [1.807, 2.05) is 85.8 Å². The average molecular weight is 577 g/mol. The molecule has 0 radical (unpaired) electrons. The molecule has 2 atom stereocenters. The molecule has 0 unspecified atom stereocenters. The van der Waals surface area contributed by atoms with Gasteiger partial charge in [-0.25, -0.2) is 4.79 Å². The fraction of sp³-hybridized carbons (Fsp3) is 0.394. The quantitative estimate of drug-likeness (QED) is 0.232. The summed E-state index contributed by atoms with van der Waals surface area (Å²) in [6, 6.07) is 23.4. The van der Waals surface area contributed by atoms with Crippen molar-refractivity contribution in [2.45, 2.75) is 77.4 Å². The Morgan fingerprint density at radius 2 is 1.49 bits per heavy atom. The Labute approximate surface area is 245 Å². The van der Waals surface area contributed by atoms with Crippen LogP contribution in [-0.4, -0.2) is 44.1 Å². The number of aliphatic hydroxyl groups excluding tert-OH is 1. The fourth-order valence-corrected chi connectivity index (χ4v) is 5.14. The van der Waals surface area contributed by atoms with Gasteiger partial charge < -0.3 is 24.9 Å². The summed E-state index contributed by atoms with van der Waals surface area (Å²) in [7, 11) is -2.11. The molecule has 0 aromatic heterocycles. The monoisotopic (exact) mass is 576 g/mol. The van der Waals surface area contributed by atoms with Crippen molar-refractivity contribution in [1.82, 2.24) is 10.6 Å². The smallest absolute Gasteiger partial charge is 0.408 e. The van der Waals surface area contributed by atoms with Crippen molar-refractivity contribution in [3.8, 4) is 5.75 Å². The molecule has 41 heavy (non-hydrogen) atoms. The second-order valence-corrected chi connectivity index (χ2v) is 16.7. The second-order valence-electron chi connectivity index (χ2n) is 12.0. The lowest BCUT2D eigenvalue weighted by atomic mass is 10.0. The molecule has 0 aliphatic heterocycles. The van der Waals surface area contributed by atoms with Crippen molar-refractivity contribution in [1.29, 1.82) is 0 Å². The average Bonchev–Trinajstić information content (AvgIpc) is 2.93. The van der Waals surface area contributed by atoms with Gasteiger partial charge in [-0.15, -0.1) is 0 Å². The zero-order valence-electron chi connectivity index (χ0n) is 25.1. The van der Waals surface area contributed by atoms with Crippen molar-refractivity contribution in [3.05, 3.63) is 101 Å². The second kappa shape index (κ2) is 14.3. The van der Waals surface area contributed by atoms with Gasteiger partial charge in [0.1, 0.15) is 18.4 Å². The number of hydrogen-bond donors (Lipinski definition) is 3. The summed E-state index contributed by atoms with van der Waals surface area (Å²) in [4.78, 5) is 26.2. The SMILES string of the molecule is Cc1ccc(O[Si](C)(C)C(C)(C)C)c(C[C@@H](CO)NC(=O)[C@H](Cc2ccccc2)NC(=O)OCc2ccccc2)c1. The minimum absolute atomic E-state index is 0.0190. The summed E-state index contributed by atoms with van der Waals surface area (Å²) in [6.07, 6.45) is -0.0333. The first-order chi connectivity index (χ1) is 19.4. The van der Waals surface area contributed by atoms with E-state index in [4.69, 9.17) is 9.16 Å². The Balaban J connectivity index is 1.74. The van der Waals surface area contributed by atoms with Crippen LogP contribution in [0.2, 0.25) is 18.1 Å². The number of aryl methyl sites for hydroxylation is 1. The zero-order chi connectivity index (χ0) is 30.0. The van der Waals surface area contributed by atoms with E-state index in [0.717, 1.165) is 28.0 Å². The lowest BCUT2D eigenvalue weighted by Gasteiger charge is -2.37. The molecule has 0 bridgehead atoms. The minimum atomic E-state index is -2.11. The van der Waals surface area contributed by atoms with Crippen LogP contribution in [0.25, 0.3) is 0 Å². The molecule has 3 rings (SSSR count). The number of rotatable bonds is 12. The van der Waals surface area contributed by atoms with Crippen molar-refractivity contribution >= 4 is 20.3 Å². The van der Waals surface area contributed by atoms with Gasteiger partial charge in [-0.1, -0.05) is 99.1 Å². The number of benzene rings is 3. The van der Waals surface area contributed by atoms with Gasteiger partial charge in [0.2, 0.25) is 14.2 Å². The van der Waals surface area contributed by atoms with Crippen LogP contribution in [0.1, 0.15) is 43.0 Å². The van der Waals surface area contributed by atoms with Gasteiger partial charge in [0.05, 0.1) is 12.6 Å². The highest BCUT2D eigenvalue weighted by molar-refractivity contribution is 6.74. The molecule has 7 nitrogen and oxygen atoms in total. The molecule has 3 N–H and O–H groups in total. The highest BCUT2D eigenvalue weighted by Crippen LogP contribution is 2.38. The number of carbonyl (C=O) groups excluding carboxylic acids is 2. The van der Waals surface area contributed by atoms with Crippen LogP contribution in [0.4, 0.5) is 4.79 Å². The predicted molar refractivity (Wildman–Crippen MR) is 165 cm³/mol. The summed E-state index contributed by atoms with van der Waals surface area (Å²) >= 11 is 0. The molecular weight excluding hydrogens is 532 g/mol. The molecule has 0 aliphatic carbocycles. The van der Waals surface area contributed by atoms with Crippen LogP contribution in [0.5, 0.6) is 5.75 Å². The Kier molecular flexibility index (Phi) is 11.1. The summed E-state index contributed by atoms with van der Waals surface area (Å²) < 4.78 is 12.0. The van der Waals surface area contributed by atoms with Crippen molar-refractivity contribution in [2.24, 2.45) is 0 Å². The van der Waals surface area contributed by atoms with Crippen LogP contribution < -0.4 is 15.1 Å². The Hall–Kier alpha value is -3.62. The lowest BCUT2D eigenvalue weighted by Crippen LogP contribution is -2.52. The largest absolute Gasteiger partial charge is 0.543 e. The van der Waals surface area contributed by atoms with Gasteiger partial charge in [0.15, 0.2) is 0 Å².